The molecule has 92 valence electrons. The van der Waals surface area contributed by atoms with Crippen LogP contribution in [0.15, 0.2) is 0 Å². The number of hydrogen-bond acceptors (Lipinski definition) is 3. The first-order valence-electron chi connectivity index (χ1n) is 5.93. The van der Waals surface area contributed by atoms with Crippen molar-refractivity contribution in [2.75, 3.05) is 13.2 Å². The van der Waals surface area contributed by atoms with E-state index in [2.05, 4.69) is 6.92 Å². The van der Waals surface area contributed by atoms with Crippen LogP contribution < -0.4 is 0 Å². The second-order valence-corrected chi connectivity index (χ2v) is 4.53. The number of hydrogen-bond donors (Lipinski definition) is 1. The lowest BCUT2D eigenvalue weighted by Gasteiger charge is -2.13. The largest absolute Gasteiger partial charge is 0.480 e. The Morgan fingerprint density at radius 2 is 2.25 bits per heavy atom. The third-order valence-electron chi connectivity index (χ3n) is 3.23. The SMILES string of the molecule is C[C@H]1CCC(=O)[C@@H]1CCCCOCC(=O)O. The van der Waals surface area contributed by atoms with Crippen molar-refractivity contribution in [2.24, 2.45) is 11.8 Å². The van der Waals surface area contributed by atoms with Crippen LogP contribution in [0.3, 0.4) is 0 Å². The second-order valence-electron chi connectivity index (χ2n) is 4.53. The molecule has 0 amide bonds. The molecular weight excluding hydrogens is 208 g/mol. The van der Waals surface area contributed by atoms with E-state index in [4.69, 9.17) is 9.84 Å². The van der Waals surface area contributed by atoms with Gasteiger partial charge in [0.2, 0.25) is 0 Å². The van der Waals surface area contributed by atoms with Gasteiger partial charge >= 0.3 is 5.97 Å². The summed E-state index contributed by atoms with van der Waals surface area (Å²) >= 11 is 0. The van der Waals surface area contributed by atoms with E-state index in [1.807, 2.05) is 0 Å². The molecule has 2 atom stereocenters. The zero-order valence-corrected chi connectivity index (χ0v) is 9.78. The maximum atomic E-state index is 11.5. The molecule has 0 spiro atoms. The molecule has 1 N–H and O–H groups in total. The number of aliphatic carboxylic acids is 1. The van der Waals surface area contributed by atoms with E-state index in [1.165, 1.54) is 0 Å². The predicted octanol–water partition coefficient (Wildman–Crippen LogP) is 1.87. The van der Waals surface area contributed by atoms with E-state index in [0.717, 1.165) is 32.1 Å². The molecule has 1 aliphatic carbocycles. The fraction of sp³-hybridized carbons (Fsp3) is 0.833. The average molecular weight is 228 g/mol. The molecule has 0 aromatic rings. The highest BCUT2D eigenvalue weighted by Gasteiger charge is 2.30. The van der Waals surface area contributed by atoms with Gasteiger partial charge in [-0.15, -0.1) is 0 Å². The van der Waals surface area contributed by atoms with Gasteiger partial charge in [0, 0.05) is 18.9 Å². The Labute approximate surface area is 96.0 Å². The fourth-order valence-corrected chi connectivity index (χ4v) is 2.25. The third kappa shape index (κ3) is 4.31. The summed E-state index contributed by atoms with van der Waals surface area (Å²) < 4.78 is 4.93. The molecule has 4 heteroatoms. The second kappa shape index (κ2) is 6.63. The van der Waals surface area contributed by atoms with E-state index in [-0.39, 0.29) is 12.5 Å². The fourth-order valence-electron chi connectivity index (χ4n) is 2.25. The molecule has 0 aromatic carbocycles. The van der Waals surface area contributed by atoms with Gasteiger partial charge in [-0.05, 0) is 25.2 Å². The number of carbonyl (C=O) groups is 2. The van der Waals surface area contributed by atoms with Gasteiger partial charge in [0.25, 0.3) is 0 Å². The molecule has 0 unspecified atom stereocenters. The molecule has 1 saturated carbocycles. The van der Waals surface area contributed by atoms with Gasteiger partial charge in [0.05, 0.1) is 0 Å². The molecule has 0 radical (unpaired) electrons. The van der Waals surface area contributed by atoms with Crippen molar-refractivity contribution >= 4 is 11.8 Å². The van der Waals surface area contributed by atoms with Gasteiger partial charge in [0.1, 0.15) is 12.4 Å². The Hall–Kier alpha value is -0.900. The number of ether oxygens (including phenoxy) is 1. The van der Waals surface area contributed by atoms with Crippen LogP contribution in [0, 0.1) is 11.8 Å². The molecule has 0 saturated heterocycles. The van der Waals surface area contributed by atoms with E-state index >= 15 is 0 Å². The number of unbranched alkanes of at least 4 members (excludes halogenated alkanes) is 1. The molecule has 1 rings (SSSR count). The van der Waals surface area contributed by atoms with Crippen LogP contribution >= 0.6 is 0 Å². The highest BCUT2D eigenvalue weighted by Crippen LogP contribution is 2.31. The normalized spacial score (nSPS) is 24.9. The standard InChI is InChI=1S/C12H20O4/c1-9-5-6-11(13)10(9)4-2-3-7-16-8-12(14)15/h9-10H,2-8H2,1H3,(H,14,15)/t9-,10+/m0/s1. The van der Waals surface area contributed by atoms with E-state index in [0.29, 0.717) is 18.3 Å². The Balaban J connectivity index is 2.02. The Morgan fingerprint density at radius 3 is 2.81 bits per heavy atom. The maximum absolute atomic E-state index is 11.5. The van der Waals surface area contributed by atoms with Crippen LogP contribution in [0.5, 0.6) is 0 Å². The lowest BCUT2D eigenvalue weighted by Crippen LogP contribution is -2.13. The van der Waals surface area contributed by atoms with Crippen molar-refractivity contribution in [1.29, 1.82) is 0 Å². The van der Waals surface area contributed by atoms with Crippen molar-refractivity contribution in [3.05, 3.63) is 0 Å². The molecule has 4 nitrogen and oxygen atoms in total. The molecule has 1 aliphatic rings. The monoisotopic (exact) mass is 228 g/mol. The molecule has 0 aromatic heterocycles. The molecule has 0 heterocycles. The number of carboxylic acids is 1. The van der Waals surface area contributed by atoms with Crippen molar-refractivity contribution in [3.8, 4) is 0 Å². The van der Waals surface area contributed by atoms with Crippen LogP contribution in [-0.4, -0.2) is 30.1 Å². The summed E-state index contributed by atoms with van der Waals surface area (Å²) in [6, 6.07) is 0. The molecule has 0 aliphatic heterocycles. The summed E-state index contributed by atoms with van der Waals surface area (Å²) in [6.07, 6.45) is 4.47. The number of carboxylic acid groups (broad SMARTS) is 1. The first-order valence-corrected chi connectivity index (χ1v) is 5.93. The summed E-state index contributed by atoms with van der Waals surface area (Å²) in [6.45, 7) is 2.39. The van der Waals surface area contributed by atoms with Gasteiger partial charge in [-0.3, -0.25) is 4.79 Å². The Bertz CT molecular complexity index is 249. The van der Waals surface area contributed by atoms with Crippen LogP contribution in [0.2, 0.25) is 0 Å². The first kappa shape index (κ1) is 13.2. The van der Waals surface area contributed by atoms with E-state index in [9.17, 15) is 9.59 Å². The van der Waals surface area contributed by atoms with E-state index < -0.39 is 5.97 Å². The Kier molecular flexibility index (Phi) is 5.46. The van der Waals surface area contributed by atoms with Crippen LogP contribution in [0.1, 0.15) is 39.0 Å². The van der Waals surface area contributed by atoms with Gasteiger partial charge in [-0.25, -0.2) is 4.79 Å². The quantitative estimate of drug-likeness (QED) is 0.676. The summed E-state index contributed by atoms with van der Waals surface area (Å²) in [4.78, 5) is 21.6. The van der Waals surface area contributed by atoms with Crippen LogP contribution in [0.25, 0.3) is 0 Å². The van der Waals surface area contributed by atoms with Crippen molar-refractivity contribution in [3.63, 3.8) is 0 Å². The first-order chi connectivity index (χ1) is 7.61. The summed E-state index contributed by atoms with van der Waals surface area (Å²) in [5, 5.41) is 8.34. The molecule has 0 bridgehead atoms. The predicted molar refractivity (Wildman–Crippen MR) is 59.2 cm³/mol. The van der Waals surface area contributed by atoms with Crippen LogP contribution in [0.4, 0.5) is 0 Å². The highest BCUT2D eigenvalue weighted by molar-refractivity contribution is 5.83. The Morgan fingerprint density at radius 1 is 1.50 bits per heavy atom. The average Bonchev–Trinajstić information content (AvgIpc) is 2.53. The smallest absolute Gasteiger partial charge is 0.329 e. The minimum atomic E-state index is -0.931. The minimum absolute atomic E-state index is 0.223. The van der Waals surface area contributed by atoms with Gasteiger partial charge < -0.3 is 9.84 Å². The maximum Gasteiger partial charge on any atom is 0.329 e. The summed E-state index contributed by atoms with van der Waals surface area (Å²) in [7, 11) is 0. The van der Waals surface area contributed by atoms with Gasteiger partial charge in [-0.1, -0.05) is 13.3 Å². The number of carbonyl (C=O) groups excluding carboxylic acids is 1. The lowest BCUT2D eigenvalue weighted by atomic mass is 9.92. The molecule has 16 heavy (non-hydrogen) atoms. The lowest BCUT2D eigenvalue weighted by molar-refractivity contribution is -0.142. The molecular formula is C12H20O4. The molecule has 1 fully saturated rings. The number of ketones is 1. The van der Waals surface area contributed by atoms with Crippen LogP contribution in [-0.2, 0) is 14.3 Å². The topological polar surface area (TPSA) is 63.6 Å². The zero-order valence-electron chi connectivity index (χ0n) is 9.78. The number of rotatable bonds is 7. The number of Topliss-reactive ketones (excluding diaryl/α,β-unsaturated/α-hetero) is 1. The third-order valence-corrected chi connectivity index (χ3v) is 3.23. The van der Waals surface area contributed by atoms with Crippen molar-refractivity contribution in [2.45, 2.75) is 39.0 Å². The highest BCUT2D eigenvalue weighted by atomic mass is 16.5. The zero-order chi connectivity index (χ0) is 12.0. The van der Waals surface area contributed by atoms with Crippen molar-refractivity contribution < 1.29 is 19.4 Å². The van der Waals surface area contributed by atoms with Gasteiger partial charge in [0.15, 0.2) is 0 Å². The summed E-state index contributed by atoms with van der Waals surface area (Å²) in [5.41, 5.74) is 0. The minimum Gasteiger partial charge on any atom is -0.480 e. The van der Waals surface area contributed by atoms with E-state index in [1.54, 1.807) is 0 Å². The summed E-state index contributed by atoms with van der Waals surface area (Å²) in [5.74, 6) is 0.227. The van der Waals surface area contributed by atoms with Crippen molar-refractivity contribution in [1.82, 2.24) is 0 Å². The van der Waals surface area contributed by atoms with Gasteiger partial charge in [-0.2, -0.15) is 0 Å².